The third-order valence-electron chi connectivity index (χ3n) is 4.54. The molecule has 1 aliphatic rings. The molecule has 128 valence electrons. The first-order valence-electron chi connectivity index (χ1n) is 8.55. The Hall–Kier alpha value is -2.21. The highest BCUT2D eigenvalue weighted by Gasteiger charge is 2.23. The first kappa shape index (κ1) is 16.6. The summed E-state index contributed by atoms with van der Waals surface area (Å²) < 4.78 is 5.48. The second-order valence-electron chi connectivity index (χ2n) is 6.12. The van der Waals surface area contributed by atoms with E-state index in [9.17, 15) is 0 Å². The molecule has 2 aromatic heterocycles. The number of nitrogens with zero attached hydrogens (tertiary/aromatic N) is 5. The number of ether oxygens (including phenoxy) is 1. The van der Waals surface area contributed by atoms with Crippen LogP contribution in [0.25, 0.3) is 0 Å². The molecule has 2 aromatic rings. The van der Waals surface area contributed by atoms with Gasteiger partial charge < -0.3 is 9.64 Å². The van der Waals surface area contributed by atoms with E-state index in [0.717, 1.165) is 38.3 Å². The molecule has 6 nitrogen and oxygen atoms in total. The van der Waals surface area contributed by atoms with Crippen molar-refractivity contribution < 1.29 is 4.74 Å². The molecule has 1 aliphatic heterocycles. The van der Waals surface area contributed by atoms with Crippen molar-refractivity contribution in [3.63, 3.8) is 0 Å². The quantitative estimate of drug-likeness (QED) is 0.812. The number of aromatic nitrogens is 3. The predicted octanol–water partition coefficient (Wildman–Crippen LogP) is 2.37. The molecule has 24 heavy (non-hydrogen) atoms. The van der Waals surface area contributed by atoms with E-state index in [1.165, 1.54) is 5.56 Å². The molecular formula is C18H25N5O. The summed E-state index contributed by atoms with van der Waals surface area (Å²) in [5.74, 6) is 1.57. The number of piperidine rings is 1. The summed E-state index contributed by atoms with van der Waals surface area (Å²) in [4.78, 5) is 17.4. The summed E-state index contributed by atoms with van der Waals surface area (Å²) in [5.41, 5.74) is 1.33. The van der Waals surface area contributed by atoms with Gasteiger partial charge in [0, 0.05) is 51.2 Å². The fraction of sp³-hybridized carbons (Fsp3) is 0.500. The summed E-state index contributed by atoms with van der Waals surface area (Å²) in [6.07, 6.45) is 7.57. The van der Waals surface area contributed by atoms with Gasteiger partial charge in [0.1, 0.15) is 12.1 Å². The number of anilines is 1. The largest absolute Gasteiger partial charge is 0.478 e. The van der Waals surface area contributed by atoms with Crippen molar-refractivity contribution in [2.75, 3.05) is 31.6 Å². The zero-order valence-electron chi connectivity index (χ0n) is 14.4. The van der Waals surface area contributed by atoms with Crippen LogP contribution >= 0.6 is 0 Å². The second kappa shape index (κ2) is 8.06. The van der Waals surface area contributed by atoms with Gasteiger partial charge in [-0.1, -0.05) is 0 Å². The van der Waals surface area contributed by atoms with Crippen LogP contribution in [0.15, 0.2) is 36.9 Å². The minimum Gasteiger partial charge on any atom is -0.478 e. The summed E-state index contributed by atoms with van der Waals surface area (Å²) >= 11 is 0. The fourth-order valence-corrected chi connectivity index (χ4v) is 3.15. The maximum absolute atomic E-state index is 5.48. The minimum absolute atomic E-state index is 0.503. The highest BCUT2D eigenvalue weighted by molar-refractivity contribution is 5.41. The molecule has 0 saturated carbocycles. The van der Waals surface area contributed by atoms with E-state index in [0.29, 0.717) is 18.5 Å². The predicted molar refractivity (Wildman–Crippen MR) is 94.1 cm³/mol. The van der Waals surface area contributed by atoms with Gasteiger partial charge in [-0.05, 0) is 37.5 Å². The molecule has 3 heterocycles. The Morgan fingerprint density at radius 3 is 2.67 bits per heavy atom. The van der Waals surface area contributed by atoms with Gasteiger partial charge in [-0.15, -0.1) is 0 Å². The Labute approximate surface area is 143 Å². The smallest absolute Gasteiger partial charge is 0.218 e. The number of pyridine rings is 1. The van der Waals surface area contributed by atoms with Crippen molar-refractivity contribution >= 4 is 5.82 Å². The monoisotopic (exact) mass is 327 g/mol. The molecule has 0 N–H and O–H groups in total. The summed E-state index contributed by atoms with van der Waals surface area (Å²) in [7, 11) is 2.11. The van der Waals surface area contributed by atoms with Crippen LogP contribution in [0.2, 0.25) is 0 Å². The van der Waals surface area contributed by atoms with Crippen LogP contribution in [-0.4, -0.2) is 52.6 Å². The summed E-state index contributed by atoms with van der Waals surface area (Å²) in [6.45, 7) is 5.78. The van der Waals surface area contributed by atoms with Gasteiger partial charge in [0.15, 0.2) is 0 Å². The van der Waals surface area contributed by atoms with Crippen molar-refractivity contribution in [1.82, 2.24) is 19.9 Å². The lowest BCUT2D eigenvalue weighted by Gasteiger charge is -2.37. The zero-order valence-corrected chi connectivity index (χ0v) is 14.4. The average molecular weight is 327 g/mol. The standard InChI is InChI=1S/C18H25N5O/c1-3-24-18-12-17(20-14-21-18)22(2)16-6-10-23(11-7-16)13-15-4-8-19-9-5-15/h4-5,8-9,12,14,16H,3,6-7,10-11,13H2,1-2H3. The van der Waals surface area contributed by atoms with Crippen LogP contribution in [0.4, 0.5) is 5.82 Å². The van der Waals surface area contributed by atoms with Gasteiger partial charge in [0.25, 0.3) is 0 Å². The van der Waals surface area contributed by atoms with Gasteiger partial charge in [0.2, 0.25) is 5.88 Å². The number of hydrogen-bond donors (Lipinski definition) is 0. The van der Waals surface area contributed by atoms with Crippen LogP contribution < -0.4 is 9.64 Å². The third kappa shape index (κ3) is 4.20. The van der Waals surface area contributed by atoms with Crippen molar-refractivity contribution in [3.8, 4) is 5.88 Å². The third-order valence-corrected chi connectivity index (χ3v) is 4.54. The summed E-state index contributed by atoms with van der Waals surface area (Å²) in [5, 5.41) is 0. The average Bonchev–Trinajstić information content (AvgIpc) is 2.63. The van der Waals surface area contributed by atoms with Crippen molar-refractivity contribution in [2.45, 2.75) is 32.4 Å². The number of rotatable bonds is 6. The Bertz CT molecular complexity index is 628. The van der Waals surface area contributed by atoms with Crippen LogP contribution in [-0.2, 0) is 6.54 Å². The molecular weight excluding hydrogens is 302 g/mol. The van der Waals surface area contributed by atoms with E-state index in [4.69, 9.17) is 4.74 Å². The van der Waals surface area contributed by atoms with E-state index in [2.05, 4.69) is 43.9 Å². The first-order valence-corrected chi connectivity index (χ1v) is 8.55. The normalized spacial score (nSPS) is 16.1. The lowest BCUT2D eigenvalue weighted by molar-refractivity contribution is 0.203. The maximum atomic E-state index is 5.48. The van der Waals surface area contributed by atoms with Crippen LogP contribution in [0.3, 0.4) is 0 Å². The van der Waals surface area contributed by atoms with Gasteiger partial charge in [-0.2, -0.15) is 0 Å². The van der Waals surface area contributed by atoms with Gasteiger partial charge in [-0.25, -0.2) is 9.97 Å². The highest BCUT2D eigenvalue weighted by atomic mass is 16.5. The molecule has 0 amide bonds. The molecule has 0 aliphatic carbocycles. The van der Waals surface area contributed by atoms with Gasteiger partial charge >= 0.3 is 0 Å². The lowest BCUT2D eigenvalue weighted by Crippen LogP contribution is -2.43. The Morgan fingerprint density at radius 1 is 1.21 bits per heavy atom. The van der Waals surface area contributed by atoms with Crippen molar-refractivity contribution in [3.05, 3.63) is 42.5 Å². The van der Waals surface area contributed by atoms with E-state index in [-0.39, 0.29) is 0 Å². The first-order chi connectivity index (χ1) is 11.8. The molecule has 0 bridgehead atoms. The maximum Gasteiger partial charge on any atom is 0.218 e. The van der Waals surface area contributed by atoms with E-state index >= 15 is 0 Å². The Kier molecular flexibility index (Phi) is 5.59. The topological polar surface area (TPSA) is 54.4 Å². The molecule has 1 saturated heterocycles. The van der Waals surface area contributed by atoms with Gasteiger partial charge in [0.05, 0.1) is 6.61 Å². The minimum atomic E-state index is 0.503. The second-order valence-corrected chi connectivity index (χ2v) is 6.12. The SMILES string of the molecule is CCOc1cc(N(C)C2CCN(Cc3ccncc3)CC2)ncn1. The summed E-state index contributed by atoms with van der Waals surface area (Å²) in [6, 6.07) is 6.61. The van der Waals surface area contributed by atoms with Crippen LogP contribution in [0, 0.1) is 0 Å². The molecule has 1 fully saturated rings. The van der Waals surface area contributed by atoms with E-state index in [1.807, 2.05) is 25.4 Å². The Morgan fingerprint density at radius 2 is 1.96 bits per heavy atom. The molecule has 0 spiro atoms. The number of hydrogen-bond acceptors (Lipinski definition) is 6. The molecule has 0 atom stereocenters. The van der Waals surface area contributed by atoms with Crippen molar-refractivity contribution in [2.24, 2.45) is 0 Å². The fourth-order valence-electron chi connectivity index (χ4n) is 3.15. The highest BCUT2D eigenvalue weighted by Crippen LogP contribution is 2.23. The van der Waals surface area contributed by atoms with Gasteiger partial charge in [-0.3, -0.25) is 9.88 Å². The molecule has 0 unspecified atom stereocenters. The zero-order chi connectivity index (χ0) is 16.8. The van der Waals surface area contributed by atoms with Crippen molar-refractivity contribution in [1.29, 1.82) is 0 Å². The van der Waals surface area contributed by atoms with E-state index < -0.39 is 0 Å². The lowest BCUT2D eigenvalue weighted by atomic mass is 10.0. The number of likely N-dealkylation sites (tertiary alicyclic amines) is 1. The molecule has 0 aromatic carbocycles. The molecule has 3 rings (SSSR count). The van der Waals surface area contributed by atoms with E-state index in [1.54, 1.807) is 6.33 Å². The molecule has 6 heteroatoms. The van der Waals surface area contributed by atoms with Crippen LogP contribution in [0.1, 0.15) is 25.3 Å². The molecule has 0 radical (unpaired) electrons. The Balaban J connectivity index is 1.55. The van der Waals surface area contributed by atoms with Crippen LogP contribution in [0.5, 0.6) is 5.88 Å².